The average molecular weight is 393 g/mol. The van der Waals surface area contributed by atoms with Crippen LogP contribution < -0.4 is 5.32 Å². The molecular weight excluding hydrogens is 378 g/mol. The Morgan fingerprint density at radius 3 is 2.64 bits per heavy atom. The second-order valence-corrected chi connectivity index (χ2v) is 6.95. The van der Waals surface area contributed by atoms with E-state index in [9.17, 15) is 15.0 Å². The van der Waals surface area contributed by atoms with E-state index in [0.717, 1.165) is 10.4 Å². The highest BCUT2D eigenvalue weighted by Gasteiger charge is 2.19. The normalized spacial score (nSPS) is 10.8. The van der Waals surface area contributed by atoms with Crippen molar-refractivity contribution in [1.29, 1.82) is 0 Å². The molecule has 3 aromatic heterocycles. The molecule has 0 saturated carbocycles. The van der Waals surface area contributed by atoms with E-state index in [1.807, 2.05) is 0 Å². The van der Waals surface area contributed by atoms with Crippen molar-refractivity contribution in [2.24, 2.45) is 0 Å². The number of phenols is 2. The highest BCUT2D eigenvalue weighted by Crippen LogP contribution is 2.41. The Hall–Kier alpha value is -3.72. The number of benzene rings is 1. The molecule has 8 nitrogen and oxygen atoms in total. The molecule has 0 radical (unpaired) electrons. The van der Waals surface area contributed by atoms with Crippen molar-refractivity contribution in [2.75, 3.05) is 5.32 Å². The second kappa shape index (κ2) is 7.12. The third kappa shape index (κ3) is 3.42. The van der Waals surface area contributed by atoms with Crippen LogP contribution in [0.5, 0.6) is 11.5 Å². The first-order valence-corrected chi connectivity index (χ1v) is 9.10. The second-order valence-electron chi connectivity index (χ2n) is 5.95. The molecule has 0 saturated heterocycles. The lowest BCUT2D eigenvalue weighted by Gasteiger charge is -2.03. The maximum Gasteiger partial charge on any atom is 0.222 e. The fourth-order valence-corrected chi connectivity index (χ4v) is 3.72. The van der Waals surface area contributed by atoms with Crippen LogP contribution in [0.25, 0.3) is 32.5 Å². The van der Waals surface area contributed by atoms with Crippen LogP contribution in [0.2, 0.25) is 0 Å². The maximum absolute atomic E-state index is 11.3. The van der Waals surface area contributed by atoms with Crippen molar-refractivity contribution >= 4 is 23.1 Å². The molecule has 140 valence electrons. The summed E-state index contributed by atoms with van der Waals surface area (Å²) in [5, 5.41) is 22.8. The number of H-pyrrole nitrogens is 1. The molecule has 0 atom stereocenters. The summed E-state index contributed by atoms with van der Waals surface area (Å²) in [6.07, 6.45) is 4.96. The van der Waals surface area contributed by atoms with Crippen molar-refractivity contribution < 1.29 is 15.0 Å². The number of nitrogens with zero attached hydrogens (tertiary/aromatic N) is 3. The molecule has 0 aliphatic rings. The Kier molecular flexibility index (Phi) is 4.50. The number of aromatic amines is 1. The fraction of sp³-hybridized carbons (Fsp3) is 0.0526. The lowest BCUT2D eigenvalue weighted by molar-refractivity contribution is -0.114. The summed E-state index contributed by atoms with van der Waals surface area (Å²) in [6.45, 7) is 1.42. The molecule has 1 amide bonds. The molecule has 4 aromatic rings. The van der Waals surface area contributed by atoms with Crippen LogP contribution in [0.4, 0.5) is 5.82 Å². The number of imidazole rings is 1. The smallest absolute Gasteiger partial charge is 0.222 e. The van der Waals surface area contributed by atoms with Crippen LogP contribution >= 0.6 is 11.3 Å². The Morgan fingerprint density at radius 1 is 1.07 bits per heavy atom. The minimum absolute atomic E-state index is 0.201. The van der Waals surface area contributed by atoms with Gasteiger partial charge in [0.25, 0.3) is 0 Å². The first kappa shape index (κ1) is 17.7. The van der Waals surface area contributed by atoms with Gasteiger partial charge in [0.2, 0.25) is 5.91 Å². The van der Waals surface area contributed by atoms with Gasteiger partial charge in [0, 0.05) is 36.6 Å². The monoisotopic (exact) mass is 393 g/mol. The number of hydrogen-bond donors (Lipinski definition) is 4. The Morgan fingerprint density at radius 2 is 1.93 bits per heavy atom. The van der Waals surface area contributed by atoms with E-state index < -0.39 is 0 Å². The summed E-state index contributed by atoms with van der Waals surface area (Å²) in [5.41, 5.74) is 2.04. The van der Waals surface area contributed by atoms with Crippen molar-refractivity contribution in [3.05, 3.63) is 48.9 Å². The third-order valence-corrected chi connectivity index (χ3v) is 5.01. The van der Waals surface area contributed by atoms with E-state index in [0.29, 0.717) is 27.9 Å². The van der Waals surface area contributed by atoms with Crippen molar-refractivity contribution in [2.45, 2.75) is 6.92 Å². The van der Waals surface area contributed by atoms with Gasteiger partial charge in [0.1, 0.15) is 16.6 Å². The highest BCUT2D eigenvalue weighted by atomic mass is 32.1. The molecule has 0 aliphatic carbocycles. The minimum Gasteiger partial charge on any atom is -0.504 e. The molecule has 28 heavy (non-hydrogen) atoms. The van der Waals surface area contributed by atoms with Gasteiger partial charge in [-0.05, 0) is 30.3 Å². The summed E-state index contributed by atoms with van der Waals surface area (Å²) in [7, 11) is 0. The molecule has 1 aromatic carbocycles. The molecule has 3 heterocycles. The number of amides is 1. The van der Waals surface area contributed by atoms with Gasteiger partial charge < -0.3 is 20.5 Å². The van der Waals surface area contributed by atoms with Gasteiger partial charge in [-0.2, -0.15) is 0 Å². The van der Waals surface area contributed by atoms with E-state index in [1.54, 1.807) is 36.8 Å². The van der Waals surface area contributed by atoms with Gasteiger partial charge >= 0.3 is 0 Å². The quantitative estimate of drug-likeness (QED) is 0.393. The topological polar surface area (TPSA) is 124 Å². The van der Waals surface area contributed by atoms with Crippen LogP contribution in [0.3, 0.4) is 0 Å². The number of hydrogen-bond acceptors (Lipinski definition) is 7. The van der Waals surface area contributed by atoms with E-state index in [2.05, 4.69) is 20.3 Å². The Labute approximate surface area is 163 Å². The van der Waals surface area contributed by atoms with E-state index in [4.69, 9.17) is 4.98 Å². The molecule has 9 heteroatoms. The highest BCUT2D eigenvalue weighted by molar-refractivity contribution is 7.18. The lowest BCUT2D eigenvalue weighted by Crippen LogP contribution is -2.07. The molecule has 4 N–H and O–H groups in total. The number of pyridine rings is 1. The number of aromatic hydroxyl groups is 2. The van der Waals surface area contributed by atoms with Crippen molar-refractivity contribution in [3.8, 4) is 44.0 Å². The fourth-order valence-electron chi connectivity index (χ4n) is 2.67. The lowest BCUT2D eigenvalue weighted by atomic mass is 10.1. The first-order chi connectivity index (χ1) is 13.5. The number of aromatic nitrogens is 4. The summed E-state index contributed by atoms with van der Waals surface area (Å²) in [5.74, 6) is 0.438. The zero-order valence-electron chi connectivity index (χ0n) is 14.7. The number of carbonyl (C=O) groups is 1. The molecular formula is C19H15N5O3S. The van der Waals surface area contributed by atoms with Crippen LogP contribution in [-0.2, 0) is 4.79 Å². The third-order valence-electron chi connectivity index (χ3n) is 3.90. The van der Waals surface area contributed by atoms with Crippen LogP contribution in [-0.4, -0.2) is 36.1 Å². The standard InChI is InChI=1S/C19H15N5O3S/c1-10(25)23-15-9-12(4-5-20-15)19-24-16(11-2-3-13(26)14(27)8-11)17(28-19)18-21-6-7-22-18/h2-9,26-27H,1H3,(H,21,22)(H,20,23,25). The summed E-state index contributed by atoms with van der Waals surface area (Å²) in [4.78, 5) is 28.3. The van der Waals surface area contributed by atoms with Gasteiger partial charge in [-0.25, -0.2) is 15.0 Å². The predicted molar refractivity (Wildman–Crippen MR) is 106 cm³/mol. The van der Waals surface area contributed by atoms with E-state index in [1.165, 1.54) is 30.4 Å². The Balaban J connectivity index is 1.84. The van der Waals surface area contributed by atoms with Gasteiger partial charge in [-0.3, -0.25) is 4.79 Å². The van der Waals surface area contributed by atoms with Crippen LogP contribution in [0.1, 0.15) is 6.92 Å². The molecule has 0 unspecified atom stereocenters. The summed E-state index contributed by atoms with van der Waals surface area (Å²) < 4.78 is 0. The predicted octanol–water partition coefficient (Wildman–Crippen LogP) is 3.63. The van der Waals surface area contributed by atoms with Crippen molar-refractivity contribution in [1.82, 2.24) is 19.9 Å². The molecule has 0 bridgehead atoms. The average Bonchev–Trinajstić information content (AvgIpc) is 3.33. The molecule has 0 spiro atoms. The number of carbonyl (C=O) groups excluding carboxylic acids is 1. The zero-order chi connectivity index (χ0) is 19.7. The number of nitrogens with one attached hydrogen (secondary N) is 2. The van der Waals surface area contributed by atoms with Gasteiger partial charge in [-0.15, -0.1) is 11.3 Å². The van der Waals surface area contributed by atoms with Crippen LogP contribution in [0, 0.1) is 0 Å². The Bertz CT molecular complexity index is 1150. The maximum atomic E-state index is 11.3. The van der Waals surface area contributed by atoms with Gasteiger partial charge in [-0.1, -0.05) is 0 Å². The number of rotatable bonds is 4. The van der Waals surface area contributed by atoms with Crippen molar-refractivity contribution in [3.63, 3.8) is 0 Å². The molecule has 4 rings (SSSR count). The van der Waals surface area contributed by atoms with Gasteiger partial charge in [0.05, 0.1) is 10.6 Å². The van der Waals surface area contributed by atoms with E-state index in [-0.39, 0.29) is 17.4 Å². The van der Waals surface area contributed by atoms with Crippen LogP contribution in [0.15, 0.2) is 48.9 Å². The minimum atomic E-state index is -0.227. The number of phenolic OH excluding ortho intramolecular Hbond substituents is 2. The number of anilines is 1. The first-order valence-electron chi connectivity index (χ1n) is 8.28. The molecule has 0 fully saturated rings. The van der Waals surface area contributed by atoms with E-state index >= 15 is 0 Å². The SMILES string of the molecule is CC(=O)Nc1cc(-c2nc(-c3ccc(O)c(O)c3)c(-c3ncc[nH]3)s2)ccn1. The van der Waals surface area contributed by atoms with Gasteiger partial charge in [0.15, 0.2) is 11.5 Å². The summed E-state index contributed by atoms with van der Waals surface area (Å²) >= 11 is 1.41. The number of thiazole rings is 1. The summed E-state index contributed by atoms with van der Waals surface area (Å²) in [6, 6.07) is 8.08. The molecule has 0 aliphatic heterocycles. The zero-order valence-corrected chi connectivity index (χ0v) is 15.5. The largest absolute Gasteiger partial charge is 0.504 e.